The van der Waals surface area contributed by atoms with Gasteiger partial charge in [0.25, 0.3) is 0 Å². The number of nitrogens with zero attached hydrogens (tertiary/aromatic N) is 2. The molecule has 1 rings (SSSR count). The second-order valence-electron chi connectivity index (χ2n) is 4.71. The maximum Gasteiger partial charge on any atom is 0.234 e. The third-order valence-electron chi connectivity index (χ3n) is 3.06. The monoisotopic (exact) mass is 288 g/mol. The number of nitrogens with one attached hydrogen (secondary N) is 1. The minimum Gasteiger partial charge on any atom is -0.392 e. The maximum atomic E-state index is 11.7. The summed E-state index contributed by atoms with van der Waals surface area (Å²) in [6, 6.07) is 0. The number of nitrogens with two attached hydrogens (primary N) is 1. The predicted octanol–water partition coefficient (Wildman–Crippen LogP) is -0.957. The first-order valence-electron chi connectivity index (χ1n) is 6.60. The van der Waals surface area contributed by atoms with Crippen LogP contribution in [0.5, 0.6) is 0 Å². The van der Waals surface area contributed by atoms with Crippen LogP contribution in [0.15, 0.2) is 0 Å². The summed E-state index contributed by atoms with van der Waals surface area (Å²) in [6.45, 7) is 6.08. The molecule has 1 aliphatic heterocycles. The molecule has 0 aromatic heterocycles. The van der Waals surface area contributed by atoms with Gasteiger partial charge in [0.1, 0.15) is 0 Å². The van der Waals surface area contributed by atoms with Crippen LogP contribution in [0.25, 0.3) is 0 Å². The number of hydrogen-bond donors (Lipinski definition) is 2. The zero-order chi connectivity index (χ0) is 14.1. The van der Waals surface area contributed by atoms with Gasteiger partial charge >= 0.3 is 0 Å². The van der Waals surface area contributed by atoms with Crippen LogP contribution in [-0.2, 0) is 9.53 Å². The van der Waals surface area contributed by atoms with Gasteiger partial charge in [-0.15, -0.1) is 0 Å². The largest absolute Gasteiger partial charge is 0.392 e. The Labute approximate surface area is 120 Å². The third-order valence-corrected chi connectivity index (χ3v) is 3.19. The zero-order valence-electron chi connectivity index (χ0n) is 11.6. The lowest BCUT2D eigenvalue weighted by Gasteiger charge is -2.33. The van der Waals surface area contributed by atoms with Crippen molar-refractivity contribution in [3.63, 3.8) is 0 Å². The molecule has 0 spiro atoms. The van der Waals surface area contributed by atoms with Gasteiger partial charge in [-0.1, -0.05) is 12.2 Å². The SMILES string of the molecule is COCCCNC(=O)CN1CCN(CC(N)=S)CC1. The molecule has 0 unspecified atom stereocenters. The first kappa shape index (κ1) is 16.3. The highest BCUT2D eigenvalue weighted by Crippen LogP contribution is 2.00. The molecule has 3 N–H and O–H groups in total. The Morgan fingerprint density at radius 3 is 2.37 bits per heavy atom. The molecule has 0 aliphatic carbocycles. The fraction of sp³-hybridized carbons (Fsp3) is 0.833. The summed E-state index contributed by atoms with van der Waals surface area (Å²) < 4.78 is 4.93. The number of rotatable bonds is 8. The van der Waals surface area contributed by atoms with Crippen LogP contribution in [0.2, 0.25) is 0 Å². The highest BCUT2D eigenvalue weighted by molar-refractivity contribution is 7.80. The second-order valence-corrected chi connectivity index (χ2v) is 5.24. The molecule has 0 atom stereocenters. The Morgan fingerprint density at radius 1 is 1.26 bits per heavy atom. The molecule has 1 amide bonds. The second kappa shape index (κ2) is 9.19. The van der Waals surface area contributed by atoms with E-state index >= 15 is 0 Å². The summed E-state index contributed by atoms with van der Waals surface area (Å²) >= 11 is 4.89. The van der Waals surface area contributed by atoms with Crippen LogP contribution in [0.4, 0.5) is 0 Å². The molecule has 7 heteroatoms. The maximum absolute atomic E-state index is 11.7. The zero-order valence-corrected chi connectivity index (χ0v) is 12.4. The van der Waals surface area contributed by atoms with Gasteiger partial charge in [-0.3, -0.25) is 14.6 Å². The summed E-state index contributed by atoms with van der Waals surface area (Å²) in [5.41, 5.74) is 5.52. The first-order valence-corrected chi connectivity index (χ1v) is 7.01. The molecule has 1 heterocycles. The Hall–Kier alpha value is -0.760. The van der Waals surface area contributed by atoms with Crippen LogP contribution >= 0.6 is 12.2 Å². The van der Waals surface area contributed by atoms with Gasteiger partial charge in [-0.25, -0.2) is 0 Å². The Morgan fingerprint density at radius 2 is 1.84 bits per heavy atom. The van der Waals surface area contributed by atoms with Crippen molar-refractivity contribution in [2.75, 3.05) is 59.5 Å². The van der Waals surface area contributed by atoms with Crippen LogP contribution in [0.1, 0.15) is 6.42 Å². The van der Waals surface area contributed by atoms with E-state index in [-0.39, 0.29) is 5.91 Å². The molecule has 0 saturated carbocycles. The minimum absolute atomic E-state index is 0.0823. The number of carbonyl (C=O) groups is 1. The smallest absolute Gasteiger partial charge is 0.234 e. The summed E-state index contributed by atoms with van der Waals surface area (Å²) in [5, 5.41) is 2.89. The van der Waals surface area contributed by atoms with Crippen molar-refractivity contribution in [2.45, 2.75) is 6.42 Å². The minimum atomic E-state index is 0.0823. The van der Waals surface area contributed by atoms with E-state index in [1.54, 1.807) is 7.11 Å². The Bertz CT molecular complexity index is 293. The van der Waals surface area contributed by atoms with Gasteiger partial charge < -0.3 is 15.8 Å². The fourth-order valence-corrected chi connectivity index (χ4v) is 2.21. The van der Waals surface area contributed by atoms with Crippen molar-refractivity contribution in [3.8, 4) is 0 Å². The number of methoxy groups -OCH3 is 1. The van der Waals surface area contributed by atoms with Gasteiger partial charge in [0, 0.05) is 53.0 Å². The molecule has 0 aromatic rings. The lowest BCUT2D eigenvalue weighted by molar-refractivity contribution is -0.122. The average Bonchev–Trinajstić information content (AvgIpc) is 2.36. The number of thiocarbonyl (C=S) groups is 1. The molecular weight excluding hydrogens is 264 g/mol. The van der Waals surface area contributed by atoms with Gasteiger partial charge in [0.2, 0.25) is 5.91 Å². The molecule has 19 heavy (non-hydrogen) atoms. The quantitative estimate of drug-likeness (QED) is 0.443. The molecule has 0 aromatic carbocycles. The average molecular weight is 288 g/mol. The fourth-order valence-electron chi connectivity index (χ4n) is 2.03. The van der Waals surface area contributed by atoms with E-state index in [9.17, 15) is 4.79 Å². The topological polar surface area (TPSA) is 70.8 Å². The first-order chi connectivity index (χ1) is 9.11. The third kappa shape index (κ3) is 7.41. The molecule has 1 fully saturated rings. The van der Waals surface area contributed by atoms with Gasteiger partial charge in [-0.05, 0) is 6.42 Å². The van der Waals surface area contributed by atoms with E-state index in [0.717, 1.165) is 32.6 Å². The molecule has 0 bridgehead atoms. The number of carbonyl (C=O) groups excluding carboxylic acids is 1. The van der Waals surface area contributed by atoms with Crippen LogP contribution in [0.3, 0.4) is 0 Å². The summed E-state index contributed by atoms with van der Waals surface area (Å²) in [7, 11) is 1.66. The van der Waals surface area contributed by atoms with E-state index < -0.39 is 0 Å². The van der Waals surface area contributed by atoms with Crippen molar-refractivity contribution in [3.05, 3.63) is 0 Å². The lowest BCUT2D eigenvalue weighted by Crippen LogP contribution is -2.51. The standard InChI is InChI=1S/C12H24N4O2S/c1-18-8-2-3-14-12(17)10-16-6-4-15(5-7-16)9-11(13)19/h2-10H2,1H3,(H2,13,19)(H,14,17). The number of hydrogen-bond acceptors (Lipinski definition) is 5. The summed E-state index contributed by atoms with van der Waals surface area (Å²) in [6.07, 6.45) is 0.851. The van der Waals surface area contributed by atoms with E-state index in [2.05, 4.69) is 15.1 Å². The molecule has 1 saturated heterocycles. The van der Waals surface area contributed by atoms with Gasteiger partial charge in [0.15, 0.2) is 0 Å². The van der Waals surface area contributed by atoms with Crippen LogP contribution in [0, 0.1) is 0 Å². The Balaban J connectivity index is 2.11. The van der Waals surface area contributed by atoms with Gasteiger partial charge in [-0.2, -0.15) is 0 Å². The van der Waals surface area contributed by atoms with E-state index in [1.807, 2.05) is 0 Å². The highest BCUT2D eigenvalue weighted by atomic mass is 32.1. The summed E-state index contributed by atoms with van der Waals surface area (Å²) in [5.74, 6) is 0.0823. The molecule has 110 valence electrons. The molecule has 6 nitrogen and oxygen atoms in total. The normalized spacial score (nSPS) is 17.3. The molecule has 1 aliphatic rings. The number of piperazine rings is 1. The van der Waals surface area contributed by atoms with Crippen molar-refractivity contribution in [1.29, 1.82) is 0 Å². The number of ether oxygens (including phenoxy) is 1. The van der Waals surface area contributed by atoms with Crippen molar-refractivity contribution in [2.24, 2.45) is 5.73 Å². The molecular formula is C12H24N4O2S. The van der Waals surface area contributed by atoms with E-state index in [0.29, 0.717) is 31.2 Å². The van der Waals surface area contributed by atoms with E-state index in [4.69, 9.17) is 22.7 Å². The van der Waals surface area contributed by atoms with Gasteiger partial charge in [0.05, 0.1) is 11.5 Å². The van der Waals surface area contributed by atoms with Crippen LogP contribution < -0.4 is 11.1 Å². The van der Waals surface area contributed by atoms with Crippen molar-refractivity contribution >= 4 is 23.1 Å². The predicted molar refractivity (Wildman–Crippen MR) is 79.2 cm³/mol. The number of amides is 1. The molecule has 0 radical (unpaired) electrons. The van der Waals surface area contributed by atoms with Crippen LogP contribution in [-0.4, -0.2) is 80.2 Å². The highest BCUT2D eigenvalue weighted by Gasteiger charge is 2.18. The summed E-state index contributed by atoms with van der Waals surface area (Å²) in [4.78, 5) is 16.6. The lowest BCUT2D eigenvalue weighted by atomic mass is 10.3. The van der Waals surface area contributed by atoms with Crippen molar-refractivity contribution < 1.29 is 9.53 Å². The van der Waals surface area contributed by atoms with Crippen molar-refractivity contribution in [1.82, 2.24) is 15.1 Å². The Kier molecular flexibility index (Phi) is 7.88. The van der Waals surface area contributed by atoms with E-state index in [1.165, 1.54) is 0 Å².